The fourth-order valence-electron chi connectivity index (χ4n) is 1.43. The molecule has 3 nitrogen and oxygen atoms in total. The summed E-state index contributed by atoms with van der Waals surface area (Å²) < 4.78 is 36.8. The molecule has 0 heterocycles. The smallest absolute Gasteiger partial charge is 0.416 e. The normalized spacial score (nSPS) is 12.7. The van der Waals surface area contributed by atoms with Crippen molar-refractivity contribution in [1.29, 1.82) is 0 Å². The van der Waals surface area contributed by atoms with Crippen LogP contribution in [0.15, 0.2) is 24.3 Å². The quantitative estimate of drug-likeness (QED) is 0.892. The molecule has 18 heavy (non-hydrogen) atoms. The third-order valence-electron chi connectivity index (χ3n) is 2.22. The van der Waals surface area contributed by atoms with Crippen molar-refractivity contribution in [2.45, 2.75) is 25.1 Å². The van der Waals surface area contributed by atoms with Crippen molar-refractivity contribution in [1.82, 2.24) is 0 Å². The van der Waals surface area contributed by atoms with Gasteiger partial charge in [-0.25, -0.2) is 0 Å². The first-order valence-electron chi connectivity index (χ1n) is 4.92. The molecule has 0 fully saturated rings. The standard InChI is InChI=1S/C11H12F3NO2.ClH/c12-11(13,14)8-3-1-7(2-4-8)5-9(15)6-10(16)17;/h1-4,9H,5-6,15H2,(H,16,17);1H/t9-;/m0./s1. The van der Waals surface area contributed by atoms with Crippen molar-refractivity contribution in [3.63, 3.8) is 0 Å². The van der Waals surface area contributed by atoms with Crippen LogP contribution >= 0.6 is 12.4 Å². The van der Waals surface area contributed by atoms with Gasteiger partial charge in [0.25, 0.3) is 0 Å². The van der Waals surface area contributed by atoms with Crippen LogP contribution in [0.5, 0.6) is 0 Å². The van der Waals surface area contributed by atoms with E-state index in [0.29, 0.717) is 5.56 Å². The second-order valence-electron chi connectivity index (χ2n) is 3.76. The van der Waals surface area contributed by atoms with E-state index in [2.05, 4.69) is 0 Å². The number of nitrogens with two attached hydrogens (primary N) is 1. The molecule has 0 aromatic heterocycles. The number of benzene rings is 1. The Labute approximate surface area is 108 Å². The lowest BCUT2D eigenvalue weighted by Gasteiger charge is -2.10. The van der Waals surface area contributed by atoms with Gasteiger partial charge < -0.3 is 10.8 Å². The lowest BCUT2D eigenvalue weighted by Crippen LogP contribution is -2.26. The summed E-state index contributed by atoms with van der Waals surface area (Å²) in [5, 5.41) is 8.48. The van der Waals surface area contributed by atoms with Gasteiger partial charge in [-0.15, -0.1) is 12.4 Å². The SMILES string of the molecule is Cl.N[C@H](CC(=O)O)Cc1ccc(C(F)(F)F)cc1. The van der Waals surface area contributed by atoms with Crippen LogP contribution < -0.4 is 5.73 Å². The minimum absolute atomic E-state index is 0. The molecule has 1 aromatic rings. The van der Waals surface area contributed by atoms with Crippen molar-refractivity contribution in [3.8, 4) is 0 Å². The molecule has 0 amide bonds. The average molecular weight is 284 g/mol. The number of carbonyl (C=O) groups is 1. The van der Waals surface area contributed by atoms with Gasteiger partial charge in [-0.2, -0.15) is 13.2 Å². The van der Waals surface area contributed by atoms with Crippen LogP contribution in [0.2, 0.25) is 0 Å². The molecule has 0 unspecified atom stereocenters. The first-order valence-corrected chi connectivity index (χ1v) is 4.92. The molecule has 0 saturated carbocycles. The van der Waals surface area contributed by atoms with E-state index >= 15 is 0 Å². The van der Waals surface area contributed by atoms with Crippen LogP contribution in [-0.4, -0.2) is 17.1 Å². The molecule has 0 radical (unpaired) electrons. The van der Waals surface area contributed by atoms with Crippen molar-refractivity contribution in [3.05, 3.63) is 35.4 Å². The van der Waals surface area contributed by atoms with E-state index in [0.717, 1.165) is 12.1 Å². The van der Waals surface area contributed by atoms with Gasteiger partial charge >= 0.3 is 12.1 Å². The number of aliphatic carboxylic acids is 1. The maximum absolute atomic E-state index is 12.3. The molecular weight excluding hydrogens is 271 g/mol. The van der Waals surface area contributed by atoms with Crippen LogP contribution in [0.25, 0.3) is 0 Å². The Hall–Kier alpha value is -1.27. The number of carboxylic acid groups (broad SMARTS) is 1. The van der Waals surface area contributed by atoms with Crippen LogP contribution in [0.1, 0.15) is 17.5 Å². The molecule has 3 N–H and O–H groups in total. The van der Waals surface area contributed by atoms with Gasteiger partial charge in [0.05, 0.1) is 12.0 Å². The van der Waals surface area contributed by atoms with Crippen molar-refractivity contribution in [2.75, 3.05) is 0 Å². The Morgan fingerprint density at radius 3 is 2.17 bits per heavy atom. The van der Waals surface area contributed by atoms with Gasteiger partial charge in [0.15, 0.2) is 0 Å². The maximum Gasteiger partial charge on any atom is 0.416 e. The molecule has 1 aromatic carbocycles. The summed E-state index contributed by atoms with van der Waals surface area (Å²) in [6, 6.07) is 3.95. The molecule has 1 atom stereocenters. The highest BCUT2D eigenvalue weighted by atomic mass is 35.5. The molecule has 102 valence electrons. The third-order valence-corrected chi connectivity index (χ3v) is 2.22. The van der Waals surface area contributed by atoms with Gasteiger partial charge in [0.1, 0.15) is 0 Å². The van der Waals surface area contributed by atoms with E-state index < -0.39 is 23.8 Å². The van der Waals surface area contributed by atoms with E-state index in [1.165, 1.54) is 12.1 Å². The third kappa shape index (κ3) is 5.37. The Morgan fingerprint density at radius 1 is 1.28 bits per heavy atom. The summed E-state index contributed by atoms with van der Waals surface area (Å²) in [5.41, 5.74) is 5.39. The summed E-state index contributed by atoms with van der Waals surface area (Å²) in [4.78, 5) is 10.4. The van der Waals surface area contributed by atoms with Crippen LogP contribution in [0.3, 0.4) is 0 Å². The average Bonchev–Trinajstić information content (AvgIpc) is 2.15. The molecule has 0 aliphatic heterocycles. The molecule has 0 saturated heterocycles. The number of alkyl halides is 3. The monoisotopic (exact) mass is 283 g/mol. The summed E-state index contributed by atoms with van der Waals surface area (Å²) >= 11 is 0. The minimum atomic E-state index is -4.36. The van der Waals surface area contributed by atoms with Crippen molar-refractivity contribution in [2.24, 2.45) is 5.73 Å². The van der Waals surface area contributed by atoms with Gasteiger partial charge in [-0.3, -0.25) is 4.79 Å². The molecule has 0 aliphatic rings. The number of hydrogen-bond donors (Lipinski definition) is 2. The zero-order valence-corrected chi connectivity index (χ0v) is 10.1. The molecule has 0 aliphatic carbocycles. The fraction of sp³-hybridized carbons (Fsp3) is 0.364. The van der Waals surface area contributed by atoms with Crippen LogP contribution in [0.4, 0.5) is 13.2 Å². The van der Waals surface area contributed by atoms with Crippen LogP contribution in [0, 0.1) is 0 Å². The highest BCUT2D eigenvalue weighted by Crippen LogP contribution is 2.29. The van der Waals surface area contributed by atoms with Gasteiger partial charge in [-0.1, -0.05) is 12.1 Å². The lowest BCUT2D eigenvalue weighted by molar-refractivity contribution is -0.138. The number of carboxylic acids is 1. The van der Waals surface area contributed by atoms with E-state index in [4.69, 9.17) is 10.8 Å². The zero-order chi connectivity index (χ0) is 13.1. The number of rotatable bonds is 4. The van der Waals surface area contributed by atoms with E-state index in [-0.39, 0.29) is 25.2 Å². The van der Waals surface area contributed by atoms with E-state index in [9.17, 15) is 18.0 Å². The largest absolute Gasteiger partial charge is 0.481 e. The Morgan fingerprint density at radius 2 is 1.78 bits per heavy atom. The molecule has 1 rings (SSSR count). The summed E-state index contributed by atoms with van der Waals surface area (Å²) in [6.45, 7) is 0. The van der Waals surface area contributed by atoms with Crippen LogP contribution in [-0.2, 0) is 17.4 Å². The molecule has 0 bridgehead atoms. The maximum atomic E-state index is 12.3. The van der Waals surface area contributed by atoms with Gasteiger partial charge in [-0.05, 0) is 24.1 Å². The summed E-state index contributed by atoms with van der Waals surface area (Å²) in [7, 11) is 0. The fourth-order valence-corrected chi connectivity index (χ4v) is 1.43. The predicted octanol–water partition coefficient (Wildman–Crippen LogP) is 2.47. The molecular formula is C11H13ClF3NO2. The first kappa shape index (κ1) is 16.7. The highest BCUT2D eigenvalue weighted by molar-refractivity contribution is 5.85. The lowest BCUT2D eigenvalue weighted by atomic mass is 10.0. The minimum Gasteiger partial charge on any atom is -0.481 e. The topological polar surface area (TPSA) is 63.3 Å². The highest BCUT2D eigenvalue weighted by Gasteiger charge is 2.29. The van der Waals surface area contributed by atoms with E-state index in [1.54, 1.807) is 0 Å². The van der Waals surface area contributed by atoms with Crippen molar-refractivity contribution < 1.29 is 23.1 Å². The number of halogens is 4. The van der Waals surface area contributed by atoms with Crippen molar-refractivity contribution >= 4 is 18.4 Å². The summed E-state index contributed by atoms with van der Waals surface area (Å²) in [6.07, 6.45) is -4.33. The first-order chi connectivity index (χ1) is 7.79. The predicted molar refractivity (Wildman–Crippen MR) is 62.6 cm³/mol. The van der Waals surface area contributed by atoms with E-state index in [1.807, 2.05) is 0 Å². The summed E-state index contributed by atoms with van der Waals surface area (Å²) in [5.74, 6) is -1.02. The molecule has 7 heteroatoms. The Bertz CT molecular complexity index is 392. The van der Waals surface area contributed by atoms with Gasteiger partial charge in [0, 0.05) is 6.04 Å². The zero-order valence-electron chi connectivity index (χ0n) is 9.28. The van der Waals surface area contributed by atoms with Gasteiger partial charge in [0.2, 0.25) is 0 Å². The Kier molecular flexibility index (Phi) is 6.14. The second kappa shape index (κ2) is 6.61. The second-order valence-corrected chi connectivity index (χ2v) is 3.76. The number of hydrogen-bond acceptors (Lipinski definition) is 2. The Balaban J connectivity index is 0.00000289. The molecule has 0 spiro atoms.